The van der Waals surface area contributed by atoms with Gasteiger partial charge in [-0.3, -0.25) is 4.79 Å². The number of hydrogen-bond donors (Lipinski definition) is 2. The van der Waals surface area contributed by atoms with E-state index in [1.54, 1.807) is 24.3 Å². The molecule has 0 saturated carbocycles. The first-order valence-electron chi connectivity index (χ1n) is 6.63. The number of amides is 1. The molecule has 2 rings (SSSR count). The van der Waals surface area contributed by atoms with E-state index in [0.29, 0.717) is 21.5 Å². The van der Waals surface area contributed by atoms with Crippen molar-refractivity contribution in [3.05, 3.63) is 40.6 Å². The number of carboxylic acid groups (broad SMARTS) is 1. The third-order valence-corrected chi connectivity index (χ3v) is 3.65. The van der Waals surface area contributed by atoms with Crippen LogP contribution in [-0.2, 0) is 4.79 Å². The van der Waals surface area contributed by atoms with Crippen LogP contribution in [0, 0.1) is 5.41 Å². The van der Waals surface area contributed by atoms with Crippen molar-refractivity contribution in [2.75, 3.05) is 5.32 Å². The summed E-state index contributed by atoms with van der Waals surface area (Å²) in [6.45, 7) is 5.51. The number of carbonyl (C=O) groups is 2. The minimum Gasteiger partial charge on any atom is -0.475 e. The van der Waals surface area contributed by atoms with E-state index in [0.717, 1.165) is 0 Å². The van der Waals surface area contributed by atoms with Crippen LogP contribution in [0.25, 0.3) is 11.3 Å². The van der Waals surface area contributed by atoms with Gasteiger partial charge in [-0.1, -0.05) is 20.8 Å². The van der Waals surface area contributed by atoms with Crippen LogP contribution in [-0.4, -0.2) is 17.0 Å². The number of anilines is 1. The molecule has 1 heterocycles. The van der Waals surface area contributed by atoms with Crippen LogP contribution in [0.4, 0.5) is 5.69 Å². The topological polar surface area (TPSA) is 79.5 Å². The normalized spacial score (nSPS) is 11.3. The number of hydrogen-bond acceptors (Lipinski definition) is 3. The fourth-order valence-corrected chi connectivity index (χ4v) is 2.28. The minimum atomic E-state index is -1.11. The van der Waals surface area contributed by atoms with E-state index in [1.807, 2.05) is 20.8 Å². The van der Waals surface area contributed by atoms with Gasteiger partial charge < -0.3 is 14.8 Å². The first-order chi connectivity index (χ1) is 10.2. The molecule has 22 heavy (non-hydrogen) atoms. The fourth-order valence-electron chi connectivity index (χ4n) is 1.71. The molecule has 0 atom stereocenters. The maximum Gasteiger partial charge on any atom is 0.371 e. The molecule has 0 radical (unpaired) electrons. The van der Waals surface area contributed by atoms with Crippen LogP contribution >= 0.6 is 15.9 Å². The molecule has 1 aromatic carbocycles. The minimum absolute atomic E-state index is 0.0849. The monoisotopic (exact) mass is 365 g/mol. The lowest BCUT2D eigenvalue weighted by atomic mass is 9.95. The van der Waals surface area contributed by atoms with Gasteiger partial charge in [-0.05, 0) is 46.3 Å². The van der Waals surface area contributed by atoms with Gasteiger partial charge >= 0.3 is 5.97 Å². The number of halogens is 1. The molecule has 0 spiro atoms. The van der Waals surface area contributed by atoms with Crippen LogP contribution in [0.5, 0.6) is 0 Å². The zero-order chi connectivity index (χ0) is 16.5. The summed E-state index contributed by atoms with van der Waals surface area (Å²) < 4.78 is 5.97. The van der Waals surface area contributed by atoms with Crippen LogP contribution < -0.4 is 5.32 Å². The van der Waals surface area contributed by atoms with Crippen molar-refractivity contribution in [3.8, 4) is 11.3 Å². The molecule has 116 valence electrons. The van der Waals surface area contributed by atoms with Gasteiger partial charge in [0, 0.05) is 21.1 Å². The molecule has 2 aromatic rings. The summed E-state index contributed by atoms with van der Waals surface area (Å²) in [6.07, 6.45) is 0. The molecule has 0 bridgehead atoms. The second-order valence-corrected chi connectivity index (χ2v) is 6.72. The number of nitrogens with one attached hydrogen (secondary N) is 1. The second-order valence-electron chi connectivity index (χ2n) is 5.87. The van der Waals surface area contributed by atoms with E-state index >= 15 is 0 Å². The lowest BCUT2D eigenvalue weighted by Crippen LogP contribution is -2.27. The predicted octanol–water partition coefficient (Wildman–Crippen LogP) is 4.39. The zero-order valence-electron chi connectivity index (χ0n) is 12.4. The number of carboxylic acids is 1. The van der Waals surface area contributed by atoms with Gasteiger partial charge in [0.15, 0.2) is 0 Å². The van der Waals surface area contributed by atoms with Gasteiger partial charge in [0.2, 0.25) is 11.7 Å². The van der Waals surface area contributed by atoms with Crippen molar-refractivity contribution in [2.45, 2.75) is 20.8 Å². The van der Waals surface area contributed by atoms with Crippen molar-refractivity contribution in [2.24, 2.45) is 5.41 Å². The summed E-state index contributed by atoms with van der Waals surface area (Å²) >= 11 is 3.41. The number of benzene rings is 1. The Hall–Kier alpha value is -2.08. The highest BCUT2D eigenvalue weighted by atomic mass is 79.9. The molecule has 1 aromatic heterocycles. The largest absolute Gasteiger partial charge is 0.475 e. The van der Waals surface area contributed by atoms with E-state index in [-0.39, 0.29) is 11.7 Å². The van der Waals surface area contributed by atoms with Gasteiger partial charge in [0.1, 0.15) is 5.76 Å². The molecule has 2 N–H and O–H groups in total. The average Bonchev–Trinajstić information content (AvgIpc) is 2.87. The van der Waals surface area contributed by atoms with Gasteiger partial charge in [-0.25, -0.2) is 4.79 Å². The molecular formula is C16H16BrNO4. The van der Waals surface area contributed by atoms with Gasteiger partial charge in [-0.2, -0.15) is 0 Å². The Balaban J connectivity index is 2.26. The average molecular weight is 366 g/mol. The van der Waals surface area contributed by atoms with Crippen LogP contribution in [0.1, 0.15) is 31.3 Å². The maximum atomic E-state index is 12.0. The van der Waals surface area contributed by atoms with Gasteiger partial charge in [0.05, 0.1) is 0 Å². The number of rotatable bonds is 3. The van der Waals surface area contributed by atoms with E-state index in [9.17, 15) is 9.59 Å². The second kappa shape index (κ2) is 5.96. The molecule has 0 unspecified atom stereocenters. The lowest BCUT2D eigenvalue weighted by molar-refractivity contribution is -0.123. The summed E-state index contributed by atoms with van der Waals surface area (Å²) in [5, 5.41) is 11.7. The molecule has 6 heteroatoms. The Labute approximate surface area is 136 Å². The maximum absolute atomic E-state index is 12.0. The van der Waals surface area contributed by atoms with E-state index in [2.05, 4.69) is 21.2 Å². The SMILES string of the molecule is CC(C)(C)C(=O)Nc1ccc(-c2ccc(C(=O)O)o2)c(Br)c1. The highest BCUT2D eigenvalue weighted by Gasteiger charge is 2.21. The van der Waals surface area contributed by atoms with Gasteiger partial charge in [-0.15, -0.1) is 0 Å². The first kappa shape index (κ1) is 16.3. The number of carbonyl (C=O) groups excluding carboxylic acids is 1. The van der Waals surface area contributed by atoms with Crippen molar-refractivity contribution in [1.82, 2.24) is 0 Å². The van der Waals surface area contributed by atoms with Crippen LogP contribution in [0.3, 0.4) is 0 Å². The standard InChI is InChI=1S/C16H16BrNO4/c1-16(2,3)15(21)18-9-4-5-10(11(17)8-9)12-6-7-13(22-12)14(19)20/h4-8H,1-3H3,(H,18,21)(H,19,20). The van der Waals surface area contributed by atoms with E-state index in [4.69, 9.17) is 9.52 Å². The van der Waals surface area contributed by atoms with Gasteiger partial charge in [0.25, 0.3) is 0 Å². The predicted molar refractivity (Wildman–Crippen MR) is 86.9 cm³/mol. The molecule has 5 nitrogen and oxygen atoms in total. The summed E-state index contributed by atoms with van der Waals surface area (Å²) in [7, 11) is 0. The summed E-state index contributed by atoms with van der Waals surface area (Å²) in [4.78, 5) is 22.8. The fraction of sp³-hybridized carbons (Fsp3) is 0.250. The smallest absolute Gasteiger partial charge is 0.371 e. The Bertz CT molecular complexity index is 728. The molecule has 0 aliphatic rings. The molecule has 0 aliphatic heterocycles. The first-order valence-corrected chi connectivity index (χ1v) is 7.42. The third-order valence-electron chi connectivity index (χ3n) is 2.99. The summed E-state index contributed by atoms with van der Waals surface area (Å²) in [6, 6.07) is 8.25. The molecule has 0 fully saturated rings. The van der Waals surface area contributed by atoms with Crippen molar-refractivity contribution in [1.29, 1.82) is 0 Å². The zero-order valence-corrected chi connectivity index (χ0v) is 14.0. The Kier molecular flexibility index (Phi) is 4.42. The third kappa shape index (κ3) is 3.57. The number of aromatic carboxylic acids is 1. The molecule has 0 saturated heterocycles. The highest BCUT2D eigenvalue weighted by Crippen LogP contribution is 2.32. The highest BCUT2D eigenvalue weighted by molar-refractivity contribution is 9.10. The Morgan fingerprint density at radius 3 is 2.36 bits per heavy atom. The Morgan fingerprint density at radius 1 is 1.18 bits per heavy atom. The Morgan fingerprint density at radius 2 is 1.86 bits per heavy atom. The van der Waals surface area contributed by atoms with Crippen LogP contribution in [0.2, 0.25) is 0 Å². The molecule has 0 aliphatic carbocycles. The van der Waals surface area contributed by atoms with E-state index < -0.39 is 11.4 Å². The lowest BCUT2D eigenvalue weighted by Gasteiger charge is -2.18. The van der Waals surface area contributed by atoms with Crippen molar-refractivity contribution in [3.63, 3.8) is 0 Å². The summed E-state index contributed by atoms with van der Waals surface area (Å²) in [5.74, 6) is -0.875. The summed E-state index contributed by atoms with van der Waals surface area (Å²) in [5.41, 5.74) is 0.879. The molecule has 1 amide bonds. The quantitative estimate of drug-likeness (QED) is 0.844. The van der Waals surface area contributed by atoms with Crippen molar-refractivity contribution >= 4 is 33.5 Å². The molecular weight excluding hydrogens is 350 g/mol. The van der Waals surface area contributed by atoms with E-state index in [1.165, 1.54) is 6.07 Å². The van der Waals surface area contributed by atoms with Crippen molar-refractivity contribution < 1.29 is 19.1 Å². The van der Waals surface area contributed by atoms with Crippen LogP contribution in [0.15, 0.2) is 39.2 Å². The number of furan rings is 1.